The molecule has 2 aromatic carbocycles. The summed E-state index contributed by atoms with van der Waals surface area (Å²) < 4.78 is 5.80. The molecule has 4 nitrogen and oxygen atoms in total. The van der Waals surface area contributed by atoms with Crippen molar-refractivity contribution in [1.82, 2.24) is 4.98 Å². The van der Waals surface area contributed by atoms with Gasteiger partial charge >= 0.3 is 0 Å². The van der Waals surface area contributed by atoms with Gasteiger partial charge in [0.05, 0.1) is 5.41 Å². The minimum Gasteiger partial charge on any atom is -0.440 e. The number of amides is 1. The van der Waals surface area contributed by atoms with Crippen molar-refractivity contribution in [3.63, 3.8) is 0 Å². The maximum absolute atomic E-state index is 13.1. The number of hydrogen-bond donors (Lipinski definition) is 1. The summed E-state index contributed by atoms with van der Waals surface area (Å²) in [6.07, 6.45) is 5.04. The van der Waals surface area contributed by atoms with Gasteiger partial charge < -0.3 is 9.73 Å². The maximum atomic E-state index is 13.1. The fourth-order valence-corrected chi connectivity index (χ4v) is 3.93. The summed E-state index contributed by atoms with van der Waals surface area (Å²) in [4.78, 5) is 17.7. The van der Waals surface area contributed by atoms with Crippen LogP contribution in [0.3, 0.4) is 0 Å². The Hall–Kier alpha value is -2.33. The van der Waals surface area contributed by atoms with Gasteiger partial charge in [0.2, 0.25) is 5.91 Å². The first-order valence-corrected chi connectivity index (χ1v) is 9.50. The van der Waals surface area contributed by atoms with Gasteiger partial charge in [-0.2, -0.15) is 0 Å². The number of aromatic nitrogens is 1. The zero-order valence-electron chi connectivity index (χ0n) is 14.3. The van der Waals surface area contributed by atoms with Crippen LogP contribution in [0.1, 0.15) is 49.5 Å². The average molecular weight is 367 g/mol. The number of carbonyl (C=O) groups excluding carboxylic acids is 1. The van der Waals surface area contributed by atoms with Crippen molar-refractivity contribution in [2.24, 2.45) is 0 Å². The first-order chi connectivity index (χ1) is 12.6. The van der Waals surface area contributed by atoms with E-state index in [0.29, 0.717) is 10.9 Å². The van der Waals surface area contributed by atoms with Crippen molar-refractivity contribution in [2.75, 3.05) is 5.32 Å². The smallest absolute Gasteiger partial charge is 0.235 e. The van der Waals surface area contributed by atoms with E-state index in [1.165, 1.54) is 0 Å². The monoisotopic (exact) mass is 366 g/mol. The summed E-state index contributed by atoms with van der Waals surface area (Å²) >= 11 is 6.14. The highest BCUT2D eigenvalue weighted by atomic mass is 35.5. The van der Waals surface area contributed by atoms with E-state index < -0.39 is 5.41 Å². The lowest BCUT2D eigenvalue weighted by molar-refractivity contribution is -0.124. The molecule has 0 unspecified atom stereocenters. The lowest BCUT2D eigenvalue weighted by atomic mass is 9.64. The molecule has 26 heavy (non-hydrogen) atoms. The van der Waals surface area contributed by atoms with E-state index >= 15 is 0 Å². The molecule has 5 rings (SSSR count). The van der Waals surface area contributed by atoms with E-state index in [4.69, 9.17) is 16.0 Å². The van der Waals surface area contributed by atoms with Crippen LogP contribution in [-0.2, 0) is 10.2 Å². The Labute approximate surface area is 156 Å². The van der Waals surface area contributed by atoms with Gasteiger partial charge in [0.1, 0.15) is 5.52 Å². The molecular formula is C21H19ClN2O2. The molecule has 2 fully saturated rings. The summed E-state index contributed by atoms with van der Waals surface area (Å²) in [5.74, 6) is 1.32. The van der Waals surface area contributed by atoms with Crippen molar-refractivity contribution in [1.29, 1.82) is 0 Å². The molecule has 1 heterocycles. The standard InChI is InChI=1S/C21H19ClN2O2/c22-15-4-1-3-14(11-15)21(9-2-10-21)20(25)23-16-7-8-18-17(12-16)24-19(26-18)13-5-6-13/h1,3-4,7-8,11-13H,2,5-6,9-10H2,(H,23,25). The van der Waals surface area contributed by atoms with Crippen molar-refractivity contribution < 1.29 is 9.21 Å². The predicted molar refractivity (Wildman–Crippen MR) is 102 cm³/mol. The Kier molecular flexibility index (Phi) is 3.57. The third-order valence-electron chi connectivity index (χ3n) is 5.61. The molecule has 2 saturated carbocycles. The second kappa shape index (κ2) is 5.85. The van der Waals surface area contributed by atoms with E-state index in [1.807, 2.05) is 42.5 Å². The topological polar surface area (TPSA) is 55.1 Å². The van der Waals surface area contributed by atoms with Gasteiger partial charge in [-0.25, -0.2) is 4.98 Å². The first-order valence-electron chi connectivity index (χ1n) is 9.12. The zero-order chi connectivity index (χ0) is 17.7. The molecular weight excluding hydrogens is 348 g/mol. The van der Waals surface area contributed by atoms with Crippen molar-refractivity contribution in [2.45, 2.75) is 43.4 Å². The van der Waals surface area contributed by atoms with Crippen LogP contribution in [0.5, 0.6) is 0 Å². The molecule has 0 saturated heterocycles. The van der Waals surface area contributed by atoms with Gasteiger partial charge in [0.15, 0.2) is 11.5 Å². The molecule has 0 spiro atoms. The van der Waals surface area contributed by atoms with Crippen LogP contribution >= 0.6 is 11.6 Å². The van der Waals surface area contributed by atoms with Gasteiger partial charge in [0.25, 0.3) is 0 Å². The van der Waals surface area contributed by atoms with Crippen molar-refractivity contribution in [3.05, 3.63) is 58.9 Å². The van der Waals surface area contributed by atoms with E-state index in [9.17, 15) is 4.79 Å². The summed E-state index contributed by atoms with van der Waals surface area (Å²) in [6.45, 7) is 0. The number of oxazole rings is 1. The second-order valence-corrected chi connectivity index (χ2v) is 7.85. The molecule has 2 aliphatic rings. The largest absolute Gasteiger partial charge is 0.440 e. The molecule has 0 bridgehead atoms. The third-order valence-corrected chi connectivity index (χ3v) is 5.84. The highest BCUT2D eigenvalue weighted by molar-refractivity contribution is 6.30. The Morgan fingerprint density at radius 1 is 1.19 bits per heavy atom. The summed E-state index contributed by atoms with van der Waals surface area (Å²) in [5.41, 5.74) is 2.84. The highest BCUT2D eigenvalue weighted by Gasteiger charge is 2.45. The van der Waals surface area contributed by atoms with Crippen LogP contribution < -0.4 is 5.32 Å². The Morgan fingerprint density at radius 3 is 2.73 bits per heavy atom. The molecule has 5 heteroatoms. The van der Waals surface area contributed by atoms with Gasteiger partial charge in [-0.15, -0.1) is 0 Å². The first kappa shape index (κ1) is 15.9. The highest BCUT2D eigenvalue weighted by Crippen LogP contribution is 2.45. The zero-order valence-corrected chi connectivity index (χ0v) is 15.1. The molecule has 0 atom stereocenters. The minimum atomic E-state index is -0.483. The fraction of sp³-hybridized carbons (Fsp3) is 0.333. The number of fused-ring (bicyclic) bond motifs is 1. The lowest BCUT2D eigenvalue weighted by Gasteiger charge is -2.40. The quantitative estimate of drug-likeness (QED) is 0.670. The second-order valence-electron chi connectivity index (χ2n) is 7.41. The number of nitrogens with zero attached hydrogens (tertiary/aromatic N) is 1. The average Bonchev–Trinajstić information content (AvgIpc) is 3.34. The van der Waals surface area contributed by atoms with Crippen LogP contribution in [0, 0.1) is 0 Å². The van der Waals surface area contributed by atoms with Crippen LogP contribution in [0.2, 0.25) is 5.02 Å². The van der Waals surface area contributed by atoms with Gasteiger partial charge in [-0.1, -0.05) is 30.2 Å². The van der Waals surface area contributed by atoms with Gasteiger partial charge in [-0.3, -0.25) is 4.79 Å². The van der Waals surface area contributed by atoms with Crippen molar-refractivity contribution >= 4 is 34.3 Å². The molecule has 2 aliphatic carbocycles. The van der Waals surface area contributed by atoms with Gasteiger partial charge in [0, 0.05) is 16.6 Å². The molecule has 1 amide bonds. The molecule has 132 valence electrons. The maximum Gasteiger partial charge on any atom is 0.235 e. The molecule has 0 radical (unpaired) electrons. The normalized spacial score (nSPS) is 18.5. The summed E-state index contributed by atoms with van der Waals surface area (Å²) in [5, 5.41) is 3.75. The summed E-state index contributed by atoms with van der Waals surface area (Å²) in [6, 6.07) is 13.3. The van der Waals surface area contributed by atoms with Gasteiger partial charge in [-0.05, 0) is 61.6 Å². The minimum absolute atomic E-state index is 0.0243. The van der Waals surface area contributed by atoms with Crippen LogP contribution in [0.15, 0.2) is 46.9 Å². The number of nitrogens with one attached hydrogen (secondary N) is 1. The fourth-order valence-electron chi connectivity index (χ4n) is 3.74. The van der Waals surface area contributed by atoms with Crippen molar-refractivity contribution in [3.8, 4) is 0 Å². The van der Waals surface area contributed by atoms with E-state index in [0.717, 1.165) is 60.3 Å². The predicted octanol–water partition coefficient (Wildman–Crippen LogP) is 5.42. The van der Waals surface area contributed by atoms with Crippen LogP contribution in [-0.4, -0.2) is 10.9 Å². The van der Waals surface area contributed by atoms with E-state index in [1.54, 1.807) is 0 Å². The third kappa shape index (κ3) is 2.60. The number of rotatable bonds is 4. The molecule has 1 aromatic heterocycles. The molecule has 1 N–H and O–H groups in total. The lowest BCUT2D eigenvalue weighted by Crippen LogP contribution is -2.46. The number of hydrogen-bond acceptors (Lipinski definition) is 3. The molecule has 0 aliphatic heterocycles. The molecule has 3 aromatic rings. The number of benzene rings is 2. The van der Waals surface area contributed by atoms with Crippen LogP contribution in [0.25, 0.3) is 11.1 Å². The Morgan fingerprint density at radius 2 is 2.04 bits per heavy atom. The van der Waals surface area contributed by atoms with E-state index in [2.05, 4.69) is 10.3 Å². The SMILES string of the molecule is O=C(Nc1ccc2oc(C3CC3)nc2c1)C1(c2cccc(Cl)c2)CCC1. The number of anilines is 1. The number of carbonyl (C=O) groups is 1. The summed E-state index contributed by atoms with van der Waals surface area (Å²) in [7, 11) is 0. The Bertz CT molecular complexity index is 1000. The van der Waals surface area contributed by atoms with E-state index in [-0.39, 0.29) is 5.91 Å². The Balaban J connectivity index is 1.42. The van der Waals surface area contributed by atoms with Crippen LogP contribution in [0.4, 0.5) is 5.69 Å². The number of halogens is 1.